The second kappa shape index (κ2) is 7.28. The Morgan fingerprint density at radius 1 is 1.41 bits per heavy atom. The highest BCUT2D eigenvalue weighted by Crippen LogP contribution is 2.19. The van der Waals surface area contributed by atoms with Gasteiger partial charge in [-0.25, -0.2) is 0 Å². The van der Waals surface area contributed by atoms with Crippen molar-refractivity contribution in [2.45, 2.75) is 46.1 Å². The third-order valence-corrected chi connectivity index (χ3v) is 2.77. The number of pyridine rings is 1. The second-order valence-corrected chi connectivity index (χ2v) is 4.43. The van der Waals surface area contributed by atoms with Gasteiger partial charge in [0.2, 0.25) is 0 Å². The third-order valence-electron chi connectivity index (χ3n) is 2.77. The molecule has 1 heterocycles. The Bertz CT molecular complexity index is 339. The van der Waals surface area contributed by atoms with Gasteiger partial charge in [-0.1, -0.05) is 6.92 Å². The van der Waals surface area contributed by atoms with Crippen LogP contribution in [0.5, 0.6) is 5.75 Å². The van der Waals surface area contributed by atoms with E-state index in [1.54, 1.807) is 0 Å². The van der Waals surface area contributed by atoms with E-state index in [2.05, 4.69) is 24.1 Å². The Labute approximate surface area is 105 Å². The lowest BCUT2D eigenvalue weighted by molar-refractivity contribution is 0.205. The monoisotopic (exact) mass is 236 g/mol. The van der Waals surface area contributed by atoms with E-state index in [0.29, 0.717) is 0 Å². The minimum atomic E-state index is 0.248. The molecule has 0 aliphatic carbocycles. The normalized spacial score (nSPS) is 12.5. The highest BCUT2D eigenvalue weighted by atomic mass is 16.5. The van der Waals surface area contributed by atoms with Crippen molar-refractivity contribution in [1.29, 1.82) is 0 Å². The molecule has 0 fully saturated rings. The molecule has 0 aliphatic rings. The molecule has 0 radical (unpaired) electrons. The van der Waals surface area contributed by atoms with E-state index in [0.717, 1.165) is 42.9 Å². The van der Waals surface area contributed by atoms with E-state index in [9.17, 15) is 0 Å². The Kier molecular flexibility index (Phi) is 5.98. The van der Waals surface area contributed by atoms with Crippen LogP contribution in [0.25, 0.3) is 0 Å². The molecule has 1 unspecified atom stereocenters. The van der Waals surface area contributed by atoms with Crippen LogP contribution in [-0.4, -0.2) is 24.7 Å². The van der Waals surface area contributed by atoms with Crippen molar-refractivity contribution in [3.05, 3.63) is 23.5 Å². The molecule has 0 bridgehead atoms. The summed E-state index contributed by atoms with van der Waals surface area (Å²) in [6, 6.07) is 4.05. The first-order valence-corrected chi connectivity index (χ1v) is 6.45. The number of nitrogens with zero attached hydrogens (tertiary/aromatic N) is 1. The maximum atomic E-state index is 5.95. The molecule has 3 nitrogen and oxygen atoms in total. The Hall–Kier alpha value is -1.09. The average Bonchev–Trinajstić information content (AvgIpc) is 2.32. The second-order valence-electron chi connectivity index (χ2n) is 4.43. The maximum absolute atomic E-state index is 5.95. The number of aryl methyl sites for hydroxylation is 2. The lowest BCUT2D eigenvalue weighted by atomic mass is 10.2. The summed E-state index contributed by atoms with van der Waals surface area (Å²) >= 11 is 0. The van der Waals surface area contributed by atoms with Crippen LogP contribution in [0.2, 0.25) is 0 Å². The van der Waals surface area contributed by atoms with Crippen molar-refractivity contribution in [1.82, 2.24) is 10.3 Å². The number of nitrogens with one attached hydrogen (secondary N) is 1. The van der Waals surface area contributed by atoms with E-state index >= 15 is 0 Å². The zero-order valence-corrected chi connectivity index (χ0v) is 11.4. The van der Waals surface area contributed by atoms with Gasteiger partial charge in [0.15, 0.2) is 0 Å². The molecular weight excluding hydrogens is 212 g/mol. The SMILES string of the molecule is CCc1nc(C)ccc1OC(C)CCCNC. The molecule has 0 saturated heterocycles. The first kappa shape index (κ1) is 14.0. The summed E-state index contributed by atoms with van der Waals surface area (Å²) < 4.78 is 5.95. The fourth-order valence-corrected chi connectivity index (χ4v) is 1.80. The molecule has 0 spiro atoms. The summed E-state index contributed by atoms with van der Waals surface area (Å²) in [5, 5.41) is 3.15. The molecule has 0 saturated carbocycles. The molecule has 0 amide bonds. The molecular formula is C14H24N2O. The standard InChI is InChI=1S/C14H24N2O/c1-5-13-14(9-8-11(2)16-13)17-12(3)7-6-10-15-4/h8-9,12,15H,5-7,10H2,1-4H3. The highest BCUT2D eigenvalue weighted by Gasteiger charge is 2.08. The van der Waals surface area contributed by atoms with Crippen LogP contribution >= 0.6 is 0 Å². The minimum Gasteiger partial charge on any atom is -0.489 e. The number of rotatable bonds is 7. The first-order chi connectivity index (χ1) is 8.17. The number of aromatic nitrogens is 1. The van der Waals surface area contributed by atoms with E-state index in [-0.39, 0.29) is 6.10 Å². The molecule has 17 heavy (non-hydrogen) atoms. The summed E-state index contributed by atoms with van der Waals surface area (Å²) in [7, 11) is 1.98. The largest absolute Gasteiger partial charge is 0.489 e. The number of hydrogen-bond acceptors (Lipinski definition) is 3. The fraction of sp³-hybridized carbons (Fsp3) is 0.643. The molecule has 0 aliphatic heterocycles. The third kappa shape index (κ3) is 4.73. The minimum absolute atomic E-state index is 0.248. The lowest BCUT2D eigenvalue weighted by Gasteiger charge is -2.16. The Morgan fingerprint density at radius 3 is 2.82 bits per heavy atom. The van der Waals surface area contributed by atoms with Crippen LogP contribution in [0.1, 0.15) is 38.1 Å². The molecule has 1 N–H and O–H groups in total. The average molecular weight is 236 g/mol. The fourth-order valence-electron chi connectivity index (χ4n) is 1.80. The molecule has 1 rings (SSSR count). The van der Waals surface area contributed by atoms with Gasteiger partial charge >= 0.3 is 0 Å². The van der Waals surface area contributed by atoms with Gasteiger partial charge in [-0.05, 0) is 58.8 Å². The molecule has 3 heteroatoms. The van der Waals surface area contributed by atoms with Crippen molar-refractivity contribution in [3.8, 4) is 5.75 Å². The van der Waals surface area contributed by atoms with Crippen molar-refractivity contribution in [2.24, 2.45) is 0 Å². The van der Waals surface area contributed by atoms with Crippen LogP contribution in [-0.2, 0) is 6.42 Å². The summed E-state index contributed by atoms with van der Waals surface area (Å²) in [6.45, 7) is 7.29. The zero-order valence-electron chi connectivity index (χ0n) is 11.4. The van der Waals surface area contributed by atoms with Crippen LogP contribution in [0.4, 0.5) is 0 Å². The van der Waals surface area contributed by atoms with Crippen molar-refractivity contribution in [2.75, 3.05) is 13.6 Å². The maximum Gasteiger partial charge on any atom is 0.141 e. The summed E-state index contributed by atoms with van der Waals surface area (Å²) in [4.78, 5) is 4.50. The van der Waals surface area contributed by atoms with Crippen LogP contribution < -0.4 is 10.1 Å². The van der Waals surface area contributed by atoms with Crippen molar-refractivity contribution >= 4 is 0 Å². The van der Waals surface area contributed by atoms with Gasteiger partial charge in [0.05, 0.1) is 11.8 Å². The smallest absolute Gasteiger partial charge is 0.141 e. The molecule has 0 aromatic carbocycles. The Balaban J connectivity index is 2.55. The van der Waals surface area contributed by atoms with E-state index in [4.69, 9.17) is 4.74 Å². The Morgan fingerprint density at radius 2 is 2.18 bits per heavy atom. The summed E-state index contributed by atoms with van der Waals surface area (Å²) in [5.41, 5.74) is 2.11. The van der Waals surface area contributed by atoms with E-state index in [1.807, 2.05) is 26.1 Å². The molecule has 1 aromatic rings. The van der Waals surface area contributed by atoms with E-state index < -0.39 is 0 Å². The van der Waals surface area contributed by atoms with Gasteiger partial charge < -0.3 is 10.1 Å². The molecule has 1 atom stereocenters. The predicted octanol–water partition coefficient (Wildman–Crippen LogP) is 2.72. The first-order valence-electron chi connectivity index (χ1n) is 6.45. The van der Waals surface area contributed by atoms with Crippen molar-refractivity contribution < 1.29 is 4.74 Å². The molecule has 1 aromatic heterocycles. The predicted molar refractivity (Wildman–Crippen MR) is 71.6 cm³/mol. The van der Waals surface area contributed by atoms with Crippen LogP contribution in [0.3, 0.4) is 0 Å². The van der Waals surface area contributed by atoms with Gasteiger partial charge in [0.1, 0.15) is 5.75 Å². The lowest BCUT2D eigenvalue weighted by Crippen LogP contribution is -2.16. The quantitative estimate of drug-likeness (QED) is 0.739. The topological polar surface area (TPSA) is 34.1 Å². The van der Waals surface area contributed by atoms with Crippen LogP contribution in [0, 0.1) is 6.92 Å². The number of hydrogen-bond donors (Lipinski definition) is 1. The van der Waals surface area contributed by atoms with Crippen LogP contribution in [0.15, 0.2) is 12.1 Å². The van der Waals surface area contributed by atoms with Crippen molar-refractivity contribution in [3.63, 3.8) is 0 Å². The highest BCUT2D eigenvalue weighted by molar-refractivity contribution is 5.29. The zero-order chi connectivity index (χ0) is 12.7. The number of ether oxygens (including phenoxy) is 1. The summed E-state index contributed by atoms with van der Waals surface area (Å²) in [5.74, 6) is 0.940. The molecule has 96 valence electrons. The van der Waals surface area contributed by atoms with Gasteiger partial charge in [-0.2, -0.15) is 0 Å². The summed E-state index contributed by atoms with van der Waals surface area (Å²) in [6.07, 6.45) is 3.37. The van der Waals surface area contributed by atoms with Gasteiger partial charge in [0, 0.05) is 5.69 Å². The van der Waals surface area contributed by atoms with Gasteiger partial charge in [-0.15, -0.1) is 0 Å². The van der Waals surface area contributed by atoms with Gasteiger partial charge in [-0.3, -0.25) is 4.98 Å². The van der Waals surface area contributed by atoms with E-state index in [1.165, 1.54) is 0 Å². The van der Waals surface area contributed by atoms with Gasteiger partial charge in [0.25, 0.3) is 0 Å².